The van der Waals surface area contributed by atoms with Gasteiger partial charge < -0.3 is 5.32 Å². The van der Waals surface area contributed by atoms with E-state index >= 15 is 0 Å². The molecule has 4 fully saturated rings. The molecule has 0 atom stereocenters. The first-order valence-electron chi connectivity index (χ1n) is 9.41. The number of carbonyl (C=O) groups excluding carboxylic acids is 1. The number of amides is 1. The van der Waals surface area contributed by atoms with Gasteiger partial charge in [0, 0.05) is 12.0 Å². The van der Waals surface area contributed by atoms with Gasteiger partial charge in [0.15, 0.2) is 0 Å². The zero-order valence-corrected chi connectivity index (χ0v) is 14.5. The van der Waals surface area contributed by atoms with Crippen LogP contribution < -0.4 is 5.32 Å². The van der Waals surface area contributed by atoms with E-state index in [1.54, 1.807) is 0 Å². The van der Waals surface area contributed by atoms with Gasteiger partial charge in [-0.15, -0.1) is 0 Å². The smallest absolute Gasteiger partial charge is 0.226 e. The molecule has 1 aromatic rings. The molecule has 5 rings (SSSR count). The van der Waals surface area contributed by atoms with Crippen molar-refractivity contribution in [3.8, 4) is 0 Å². The minimum absolute atomic E-state index is 0.0234. The van der Waals surface area contributed by atoms with E-state index in [0.29, 0.717) is 18.4 Å². The van der Waals surface area contributed by atoms with E-state index in [1.807, 2.05) is 0 Å². The minimum atomic E-state index is -0.0234. The van der Waals surface area contributed by atoms with Gasteiger partial charge in [-0.2, -0.15) is 0 Å². The third-order valence-corrected chi connectivity index (χ3v) is 6.59. The van der Waals surface area contributed by atoms with Crippen molar-refractivity contribution in [3.05, 3.63) is 35.4 Å². The van der Waals surface area contributed by atoms with Crippen molar-refractivity contribution in [2.75, 3.05) is 0 Å². The average Bonchev–Trinajstić information content (AvgIpc) is 2.51. The highest BCUT2D eigenvalue weighted by atomic mass is 16.2. The summed E-state index contributed by atoms with van der Waals surface area (Å²) in [5, 5.41) is 3.28. The van der Waals surface area contributed by atoms with Crippen molar-refractivity contribution in [1.82, 2.24) is 5.32 Å². The summed E-state index contributed by atoms with van der Waals surface area (Å²) in [4.78, 5) is 13.0. The largest absolute Gasteiger partial charge is 0.352 e. The van der Waals surface area contributed by atoms with Crippen LogP contribution in [0.25, 0.3) is 0 Å². The van der Waals surface area contributed by atoms with Gasteiger partial charge in [-0.3, -0.25) is 4.79 Å². The van der Waals surface area contributed by atoms with Crippen LogP contribution in [0.2, 0.25) is 0 Å². The summed E-state index contributed by atoms with van der Waals surface area (Å²) < 4.78 is 0. The van der Waals surface area contributed by atoms with Gasteiger partial charge in [0.2, 0.25) is 5.91 Å². The molecule has 1 aromatic carbocycles. The van der Waals surface area contributed by atoms with Gasteiger partial charge in [-0.05, 0) is 73.3 Å². The molecule has 2 nitrogen and oxygen atoms in total. The third kappa shape index (κ3) is 2.81. The Labute approximate surface area is 140 Å². The lowest BCUT2D eigenvalue weighted by atomic mass is 9.49. The first-order chi connectivity index (χ1) is 11.0. The number of rotatable bonds is 4. The monoisotopic (exact) mass is 311 g/mol. The highest BCUT2D eigenvalue weighted by Gasteiger charge is 2.54. The summed E-state index contributed by atoms with van der Waals surface area (Å²) in [6, 6.07) is 8.66. The lowest BCUT2D eigenvalue weighted by Gasteiger charge is -2.55. The van der Waals surface area contributed by atoms with Gasteiger partial charge in [0.25, 0.3) is 0 Å². The van der Waals surface area contributed by atoms with E-state index in [9.17, 15) is 4.79 Å². The zero-order valence-electron chi connectivity index (χ0n) is 14.5. The lowest BCUT2D eigenvalue weighted by molar-refractivity contribution is -0.146. The molecule has 0 heterocycles. The van der Waals surface area contributed by atoms with Gasteiger partial charge >= 0.3 is 0 Å². The van der Waals surface area contributed by atoms with Crippen molar-refractivity contribution >= 4 is 5.91 Å². The Bertz CT molecular complexity index is 568. The summed E-state index contributed by atoms with van der Waals surface area (Å²) >= 11 is 0. The predicted molar refractivity (Wildman–Crippen MR) is 93.0 cm³/mol. The summed E-state index contributed by atoms with van der Waals surface area (Å²) in [6.07, 6.45) is 7.62. The Hall–Kier alpha value is -1.31. The van der Waals surface area contributed by atoms with Crippen LogP contribution in [0.5, 0.6) is 0 Å². The van der Waals surface area contributed by atoms with E-state index in [0.717, 1.165) is 37.0 Å². The summed E-state index contributed by atoms with van der Waals surface area (Å²) in [5.41, 5.74) is 2.56. The summed E-state index contributed by atoms with van der Waals surface area (Å²) in [7, 11) is 0. The highest BCUT2D eigenvalue weighted by molar-refractivity contribution is 5.83. The van der Waals surface area contributed by atoms with E-state index in [-0.39, 0.29) is 5.41 Å². The van der Waals surface area contributed by atoms with Crippen LogP contribution in [0.3, 0.4) is 0 Å². The molecule has 0 saturated heterocycles. The normalized spacial score (nSPS) is 34.8. The molecule has 4 saturated carbocycles. The third-order valence-electron chi connectivity index (χ3n) is 6.59. The SMILES string of the molecule is CC(C)c1cccc(CNC(=O)C23CC4CC(CC(C4)C2)C3)c1. The standard InChI is InChI=1S/C21H29NO/c1-14(2)19-5-3-4-15(9-19)13-22-20(23)21-10-16-6-17(11-21)8-18(7-16)12-21/h3-5,9,14,16-18H,6-8,10-13H2,1-2H3,(H,22,23). The topological polar surface area (TPSA) is 29.1 Å². The Kier molecular flexibility index (Phi) is 3.74. The van der Waals surface area contributed by atoms with E-state index in [1.165, 1.54) is 30.4 Å². The maximum atomic E-state index is 13.0. The zero-order chi connectivity index (χ0) is 16.0. The van der Waals surface area contributed by atoms with Crippen LogP contribution in [0.15, 0.2) is 24.3 Å². The van der Waals surface area contributed by atoms with Crippen LogP contribution in [-0.2, 0) is 11.3 Å². The Morgan fingerprint density at radius 3 is 2.30 bits per heavy atom. The van der Waals surface area contributed by atoms with E-state index < -0.39 is 0 Å². The fourth-order valence-corrected chi connectivity index (χ4v) is 5.82. The predicted octanol–water partition coefficient (Wildman–Crippen LogP) is 4.64. The van der Waals surface area contributed by atoms with E-state index in [4.69, 9.17) is 0 Å². The minimum Gasteiger partial charge on any atom is -0.352 e. The first kappa shape index (κ1) is 15.2. The number of benzene rings is 1. The Morgan fingerprint density at radius 2 is 1.74 bits per heavy atom. The molecular weight excluding hydrogens is 282 g/mol. The second-order valence-corrected chi connectivity index (χ2v) is 8.78. The molecule has 4 aliphatic carbocycles. The number of carbonyl (C=O) groups is 1. The molecule has 0 radical (unpaired) electrons. The molecule has 1 N–H and O–H groups in total. The molecule has 0 aliphatic heterocycles. The maximum Gasteiger partial charge on any atom is 0.226 e. The maximum absolute atomic E-state index is 13.0. The van der Waals surface area contributed by atoms with Gasteiger partial charge in [-0.25, -0.2) is 0 Å². The van der Waals surface area contributed by atoms with E-state index in [2.05, 4.69) is 43.4 Å². The first-order valence-corrected chi connectivity index (χ1v) is 9.41. The van der Waals surface area contributed by atoms with Crippen molar-refractivity contribution < 1.29 is 4.79 Å². The fraction of sp³-hybridized carbons (Fsp3) is 0.667. The van der Waals surface area contributed by atoms with Crippen molar-refractivity contribution in [2.24, 2.45) is 23.2 Å². The quantitative estimate of drug-likeness (QED) is 0.862. The van der Waals surface area contributed by atoms with Crippen molar-refractivity contribution in [2.45, 2.75) is 64.8 Å². The number of nitrogens with one attached hydrogen (secondary N) is 1. The van der Waals surface area contributed by atoms with Gasteiger partial charge in [-0.1, -0.05) is 38.1 Å². The van der Waals surface area contributed by atoms with Crippen LogP contribution in [-0.4, -0.2) is 5.91 Å². The average molecular weight is 311 g/mol. The van der Waals surface area contributed by atoms with Crippen LogP contribution in [0, 0.1) is 23.2 Å². The second-order valence-electron chi connectivity index (χ2n) is 8.78. The molecule has 124 valence electrons. The van der Waals surface area contributed by atoms with Gasteiger partial charge in [0.1, 0.15) is 0 Å². The Balaban J connectivity index is 1.43. The Morgan fingerprint density at radius 1 is 1.13 bits per heavy atom. The molecule has 4 bridgehead atoms. The van der Waals surface area contributed by atoms with Crippen molar-refractivity contribution in [3.63, 3.8) is 0 Å². The van der Waals surface area contributed by atoms with Crippen LogP contribution >= 0.6 is 0 Å². The number of hydrogen-bond donors (Lipinski definition) is 1. The van der Waals surface area contributed by atoms with Crippen LogP contribution in [0.4, 0.5) is 0 Å². The fourth-order valence-electron chi connectivity index (χ4n) is 5.82. The molecule has 4 aliphatic rings. The van der Waals surface area contributed by atoms with Gasteiger partial charge in [0.05, 0.1) is 0 Å². The molecule has 1 amide bonds. The molecule has 23 heavy (non-hydrogen) atoms. The second kappa shape index (κ2) is 5.65. The molecule has 2 heteroatoms. The lowest BCUT2D eigenvalue weighted by Crippen LogP contribution is -2.53. The molecule has 0 aromatic heterocycles. The van der Waals surface area contributed by atoms with Crippen molar-refractivity contribution in [1.29, 1.82) is 0 Å². The summed E-state index contributed by atoms with van der Waals surface area (Å²) in [6.45, 7) is 5.11. The molecule has 0 spiro atoms. The summed E-state index contributed by atoms with van der Waals surface area (Å²) in [5.74, 6) is 3.36. The molecular formula is C21H29NO. The number of hydrogen-bond acceptors (Lipinski definition) is 1. The highest BCUT2D eigenvalue weighted by Crippen LogP contribution is 2.60. The van der Waals surface area contributed by atoms with Crippen LogP contribution in [0.1, 0.15) is 69.4 Å². The molecule has 0 unspecified atom stereocenters.